The zero-order valence-corrected chi connectivity index (χ0v) is 12.2. The van der Waals surface area contributed by atoms with E-state index in [1.165, 1.54) is 0 Å². The Morgan fingerprint density at radius 3 is 2.00 bits per heavy atom. The van der Waals surface area contributed by atoms with Gasteiger partial charge in [-0.15, -0.1) is 0 Å². The highest BCUT2D eigenvalue weighted by Crippen LogP contribution is 2.23. The van der Waals surface area contributed by atoms with Gasteiger partial charge in [-0.05, 0) is 0 Å². The maximum Gasteiger partial charge on any atom is 0.264 e. The summed E-state index contributed by atoms with van der Waals surface area (Å²) in [5.41, 5.74) is 0. The molecule has 3 N–H and O–H groups in total. The molecule has 12 heteroatoms. The smallest absolute Gasteiger partial charge is 0.264 e. The minimum absolute atomic E-state index is 0.653. The Morgan fingerprint density at radius 2 is 1.55 bits per heavy atom. The normalized spacial score (nSPS) is 36.0. The van der Waals surface area contributed by atoms with Crippen molar-refractivity contribution in [1.82, 2.24) is 0 Å². The third-order valence-electron chi connectivity index (χ3n) is 2.39. The molecular weight excluding hydrogens is 320 g/mol. The number of hydrogen-bond donors (Lipinski definition) is 3. The van der Waals surface area contributed by atoms with E-state index in [4.69, 9.17) is 4.74 Å². The largest absolute Gasteiger partial charge is 0.387 e. The molecule has 0 saturated carbocycles. The molecular formula is C8H16O10S2. The van der Waals surface area contributed by atoms with Gasteiger partial charge >= 0.3 is 0 Å². The van der Waals surface area contributed by atoms with Crippen LogP contribution in [0.25, 0.3) is 0 Å². The van der Waals surface area contributed by atoms with E-state index in [2.05, 4.69) is 8.37 Å². The fraction of sp³-hybridized carbons (Fsp3) is 1.00. The summed E-state index contributed by atoms with van der Waals surface area (Å²) in [5.74, 6) is 0. The molecule has 0 spiro atoms. The van der Waals surface area contributed by atoms with Crippen LogP contribution in [0.3, 0.4) is 0 Å². The van der Waals surface area contributed by atoms with Crippen LogP contribution in [0.4, 0.5) is 0 Å². The molecule has 0 amide bonds. The molecule has 0 aromatic rings. The van der Waals surface area contributed by atoms with E-state index in [-0.39, 0.29) is 0 Å². The molecule has 1 saturated heterocycles. The van der Waals surface area contributed by atoms with Crippen LogP contribution in [0.1, 0.15) is 0 Å². The van der Waals surface area contributed by atoms with E-state index in [1.54, 1.807) is 0 Å². The molecule has 1 heterocycles. The summed E-state index contributed by atoms with van der Waals surface area (Å²) in [6, 6.07) is 0. The van der Waals surface area contributed by atoms with Gasteiger partial charge in [0, 0.05) is 0 Å². The maximum absolute atomic E-state index is 11.0. The van der Waals surface area contributed by atoms with Crippen molar-refractivity contribution in [2.24, 2.45) is 0 Å². The molecule has 0 aromatic heterocycles. The summed E-state index contributed by atoms with van der Waals surface area (Å²) < 4.78 is 57.1. The van der Waals surface area contributed by atoms with Gasteiger partial charge in [0.15, 0.2) is 12.4 Å². The number of rotatable bonds is 5. The average Bonchev–Trinajstić information content (AvgIpc) is 2.25. The summed E-state index contributed by atoms with van der Waals surface area (Å²) in [5, 5.41) is 28.9. The number of aliphatic hydroxyl groups excluding tert-OH is 3. The lowest BCUT2D eigenvalue weighted by molar-refractivity contribution is -0.278. The predicted octanol–water partition coefficient (Wildman–Crippen LogP) is -3.25. The number of aliphatic hydroxyl groups is 3. The van der Waals surface area contributed by atoms with Crippen LogP contribution in [0.2, 0.25) is 0 Å². The van der Waals surface area contributed by atoms with Crippen molar-refractivity contribution in [1.29, 1.82) is 0 Å². The topological polar surface area (TPSA) is 157 Å². The average molecular weight is 336 g/mol. The minimum Gasteiger partial charge on any atom is -0.387 e. The highest BCUT2D eigenvalue weighted by atomic mass is 32.2. The van der Waals surface area contributed by atoms with Crippen molar-refractivity contribution in [2.75, 3.05) is 19.1 Å². The fourth-order valence-electron chi connectivity index (χ4n) is 1.55. The van der Waals surface area contributed by atoms with Crippen molar-refractivity contribution in [3.63, 3.8) is 0 Å². The fourth-order valence-corrected chi connectivity index (χ4v) is 2.55. The molecule has 0 aromatic carbocycles. The molecule has 5 atom stereocenters. The molecule has 0 radical (unpaired) electrons. The Kier molecular flexibility index (Phi) is 5.48. The van der Waals surface area contributed by atoms with Crippen molar-refractivity contribution < 1.29 is 45.3 Å². The maximum atomic E-state index is 11.0. The summed E-state index contributed by atoms with van der Waals surface area (Å²) in [6.07, 6.45) is -7.02. The van der Waals surface area contributed by atoms with Crippen molar-refractivity contribution in [2.45, 2.75) is 30.7 Å². The first-order chi connectivity index (χ1) is 8.91. The molecule has 0 aliphatic carbocycles. The molecule has 5 unspecified atom stereocenters. The zero-order valence-electron chi connectivity index (χ0n) is 10.6. The van der Waals surface area contributed by atoms with Crippen molar-refractivity contribution in [3.05, 3.63) is 0 Å². The van der Waals surface area contributed by atoms with E-state index in [0.717, 1.165) is 6.26 Å². The Balaban J connectivity index is 2.76. The highest BCUT2D eigenvalue weighted by molar-refractivity contribution is 7.86. The van der Waals surface area contributed by atoms with E-state index < -0.39 is 57.5 Å². The second-order valence-electron chi connectivity index (χ2n) is 4.30. The predicted molar refractivity (Wildman–Crippen MR) is 63.4 cm³/mol. The van der Waals surface area contributed by atoms with Gasteiger partial charge in [-0.25, -0.2) is 0 Å². The third kappa shape index (κ3) is 5.21. The Hall–Kier alpha value is -0.340. The van der Waals surface area contributed by atoms with Crippen LogP contribution in [-0.4, -0.2) is 82.0 Å². The standard InChI is InChI=1S/C8H16O10S2/c1-19(12,13)16-3-4-5(9)6(10)7(8(11)17-4)18-20(2,14)15/h4-11H,3H2,1-2H3. The van der Waals surface area contributed by atoms with Crippen LogP contribution in [0.15, 0.2) is 0 Å². The molecule has 20 heavy (non-hydrogen) atoms. The van der Waals surface area contributed by atoms with E-state index in [9.17, 15) is 32.2 Å². The number of hydrogen-bond acceptors (Lipinski definition) is 10. The molecule has 1 aliphatic heterocycles. The number of ether oxygens (including phenoxy) is 1. The monoisotopic (exact) mass is 336 g/mol. The third-order valence-corrected chi connectivity index (χ3v) is 3.53. The van der Waals surface area contributed by atoms with Gasteiger partial charge in [0.05, 0.1) is 19.1 Å². The summed E-state index contributed by atoms with van der Waals surface area (Å²) in [4.78, 5) is 0. The van der Waals surface area contributed by atoms with Gasteiger partial charge in [0.2, 0.25) is 0 Å². The Bertz CT molecular complexity index is 523. The lowest BCUT2D eigenvalue weighted by Crippen LogP contribution is -2.59. The Morgan fingerprint density at radius 1 is 1.00 bits per heavy atom. The first-order valence-corrected chi connectivity index (χ1v) is 8.96. The van der Waals surface area contributed by atoms with Gasteiger partial charge in [0.1, 0.15) is 18.3 Å². The first kappa shape index (κ1) is 17.7. The SMILES string of the molecule is CS(=O)(=O)OCC1OC(O)C(OS(C)(=O)=O)C(O)C1O. The van der Waals surface area contributed by atoms with Gasteiger partial charge in [-0.3, -0.25) is 8.37 Å². The Labute approximate surface area is 116 Å². The summed E-state index contributed by atoms with van der Waals surface area (Å²) in [6.45, 7) is -0.653. The summed E-state index contributed by atoms with van der Waals surface area (Å²) in [7, 11) is -7.81. The highest BCUT2D eigenvalue weighted by Gasteiger charge is 2.46. The van der Waals surface area contributed by atoms with Crippen molar-refractivity contribution >= 4 is 20.2 Å². The lowest BCUT2D eigenvalue weighted by Gasteiger charge is -2.39. The molecule has 10 nitrogen and oxygen atoms in total. The molecule has 120 valence electrons. The molecule has 1 rings (SSSR count). The minimum atomic E-state index is -4.00. The van der Waals surface area contributed by atoms with Crippen molar-refractivity contribution in [3.8, 4) is 0 Å². The van der Waals surface area contributed by atoms with Gasteiger partial charge < -0.3 is 20.1 Å². The van der Waals surface area contributed by atoms with E-state index in [1.807, 2.05) is 0 Å². The van der Waals surface area contributed by atoms with Crippen LogP contribution < -0.4 is 0 Å². The zero-order chi connectivity index (χ0) is 15.7. The molecule has 1 aliphatic rings. The first-order valence-electron chi connectivity index (χ1n) is 5.33. The van der Waals surface area contributed by atoms with Crippen LogP contribution >= 0.6 is 0 Å². The van der Waals surface area contributed by atoms with Crippen LogP contribution in [0.5, 0.6) is 0 Å². The lowest BCUT2D eigenvalue weighted by atomic mass is 9.99. The van der Waals surface area contributed by atoms with Crippen LogP contribution in [0, 0.1) is 0 Å². The quantitative estimate of drug-likeness (QED) is 0.435. The van der Waals surface area contributed by atoms with Gasteiger partial charge in [-0.1, -0.05) is 0 Å². The van der Waals surface area contributed by atoms with E-state index in [0.29, 0.717) is 6.26 Å². The summed E-state index contributed by atoms with van der Waals surface area (Å²) >= 11 is 0. The molecule has 0 bridgehead atoms. The van der Waals surface area contributed by atoms with Gasteiger partial charge in [0.25, 0.3) is 20.2 Å². The van der Waals surface area contributed by atoms with Gasteiger partial charge in [-0.2, -0.15) is 16.8 Å². The second-order valence-corrected chi connectivity index (χ2v) is 7.54. The van der Waals surface area contributed by atoms with Crippen LogP contribution in [-0.2, 0) is 33.3 Å². The van der Waals surface area contributed by atoms with E-state index >= 15 is 0 Å². The molecule has 1 fully saturated rings. The second kappa shape index (κ2) is 6.19.